The third-order valence-corrected chi connectivity index (χ3v) is 2.76. The summed E-state index contributed by atoms with van der Waals surface area (Å²) in [7, 11) is 0. The Morgan fingerprint density at radius 3 is 2.30 bits per heavy atom. The lowest BCUT2D eigenvalue weighted by molar-refractivity contribution is -0.129. The van der Waals surface area contributed by atoms with E-state index in [1.54, 1.807) is 13.8 Å². The fourth-order valence-electron chi connectivity index (χ4n) is 1.93. The molecule has 0 N–H and O–H groups in total. The maximum absolute atomic E-state index is 14.1. The van der Waals surface area contributed by atoms with Crippen molar-refractivity contribution in [3.8, 4) is 11.5 Å². The Morgan fingerprint density at radius 2 is 1.75 bits per heavy atom. The third-order valence-electron chi connectivity index (χ3n) is 2.76. The Hall–Kier alpha value is -1.85. The molecule has 0 bridgehead atoms. The average Bonchev–Trinajstić information content (AvgIpc) is 2.30. The van der Waals surface area contributed by atoms with Crippen molar-refractivity contribution in [3.63, 3.8) is 0 Å². The fraction of sp³-hybridized carbons (Fsp3) is 0.500. The Balaban J connectivity index is 2.72. The largest absolute Gasteiger partial charge is 0.487 e. The van der Waals surface area contributed by atoms with E-state index in [1.165, 1.54) is 20.8 Å². The summed E-state index contributed by atoms with van der Waals surface area (Å²) < 4.78 is 43.9. The Bertz CT molecular complexity index is 556. The van der Waals surface area contributed by atoms with E-state index >= 15 is 0 Å². The monoisotopic (exact) mass is 286 g/mol. The predicted octanol–water partition coefficient (Wildman–Crippen LogP) is 3.35. The molecule has 1 heterocycles. The second-order valence-electron chi connectivity index (χ2n) is 5.34. The highest BCUT2D eigenvalue weighted by Crippen LogP contribution is 2.42. The third kappa shape index (κ3) is 2.30. The van der Waals surface area contributed by atoms with Crippen LogP contribution in [-0.4, -0.2) is 17.9 Å². The summed E-state index contributed by atoms with van der Waals surface area (Å²) in [5.74, 6) is -4.70. The van der Waals surface area contributed by atoms with Crippen LogP contribution in [0.25, 0.3) is 0 Å². The molecule has 0 aliphatic carbocycles. The molecule has 1 aliphatic heterocycles. The van der Waals surface area contributed by atoms with Crippen LogP contribution in [0.5, 0.6) is 11.5 Å². The van der Waals surface area contributed by atoms with Crippen LogP contribution in [-0.2, 0) is 4.74 Å². The quantitative estimate of drug-likeness (QED) is 0.782. The molecular formula is C14H16F2O4. The fourth-order valence-corrected chi connectivity index (χ4v) is 1.93. The van der Waals surface area contributed by atoms with Gasteiger partial charge in [-0.2, -0.15) is 0 Å². The molecule has 0 radical (unpaired) electrons. The van der Waals surface area contributed by atoms with Crippen molar-refractivity contribution < 1.29 is 27.8 Å². The molecule has 20 heavy (non-hydrogen) atoms. The number of carbonyl (C=O) groups is 1. The van der Waals surface area contributed by atoms with E-state index in [9.17, 15) is 13.6 Å². The first kappa shape index (κ1) is 14.6. The SMILES string of the molecule is Cc1c(F)c(OC(C)C)c2c(c1F)OC(C)(C)OC2=O. The number of halogens is 2. The van der Waals surface area contributed by atoms with Crippen LogP contribution < -0.4 is 9.47 Å². The Kier molecular flexibility index (Phi) is 3.36. The highest BCUT2D eigenvalue weighted by molar-refractivity contribution is 5.97. The molecule has 0 saturated carbocycles. The van der Waals surface area contributed by atoms with Crippen LogP contribution in [0.3, 0.4) is 0 Å². The molecular weight excluding hydrogens is 270 g/mol. The number of ether oxygens (including phenoxy) is 3. The van der Waals surface area contributed by atoms with Gasteiger partial charge < -0.3 is 14.2 Å². The first-order chi connectivity index (χ1) is 9.14. The van der Waals surface area contributed by atoms with Gasteiger partial charge in [-0.05, 0) is 20.8 Å². The lowest BCUT2D eigenvalue weighted by Gasteiger charge is -2.33. The second-order valence-corrected chi connectivity index (χ2v) is 5.34. The van der Waals surface area contributed by atoms with Crippen LogP contribution in [0.1, 0.15) is 43.6 Å². The number of rotatable bonds is 2. The van der Waals surface area contributed by atoms with E-state index in [0.717, 1.165) is 0 Å². The second kappa shape index (κ2) is 4.61. The van der Waals surface area contributed by atoms with Gasteiger partial charge in [-0.3, -0.25) is 0 Å². The van der Waals surface area contributed by atoms with Gasteiger partial charge in [0.1, 0.15) is 5.56 Å². The van der Waals surface area contributed by atoms with Gasteiger partial charge in [0.05, 0.1) is 6.10 Å². The normalized spacial score (nSPS) is 16.5. The van der Waals surface area contributed by atoms with Crippen molar-refractivity contribution in [2.24, 2.45) is 0 Å². The number of cyclic esters (lactones) is 1. The van der Waals surface area contributed by atoms with Crippen LogP contribution in [0.2, 0.25) is 0 Å². The van der Waals surface area contributed by atoms with E-state index in [1.807, 2.05) is 0 Å². The molecule has 2 rings (SSSR count). The molecule has 0 amide bonds. The van der Waals surface area contributed by atoms with Crippen molar-refractivity contribution in [1.82, 2.24) is 0 Å². The molecule has 0 atom stereocenters. The van der Waals surface area contributed by atoms with Crippen molar-refractivity contribution in [1.29, 1.82) is 0 Å². The minimum absolute atomic E-state index is 0.259. The molecule has 110 valence electrons. The molecule has 0 saturated heterocycles. The summed E-state index contributed by atoms with van der Waals surface area (Å²) in [6.07, 6.45) is -0.388. The number of carbonyl (C=O) groups excluding carboxylic acids is 1. The molecule has 0 aromatic heterocycles. The molecule has 4 nitrogen and oxygen atoms in total. The minimum atomic E-state index is -1.32. The lowest BCUT2D eigenvalue weighted by Crippen LogP contribution is -2.40. The summed E-state index contributed by atoms with van der Waals surface area (Å²) in [4.78, 5) is 12.0. The average molecular weight is 286 g/mol. The van der Waals surface area contributed by atoms with E-state index < -0.39 is 23.4 Å². The zero-order valence-electron chi connectivity index (χ0n) is 12.0. The topological polar surface area (TPSA) is 44.8 Å². The zero-order valence-corrected chi connectivity index (χ0v) is 12.0. The lowest BCUT2D eigenvalue weighted by atomic mass is 10.1. The van der Waals surface area contributed by atoms with Crippen LogP contribution in [0.4, 0.5) is 8.78 Å². The Morgan fingerprint density at radius 1 is 1.15 bits per heavy atom. The maximum atomic E-state index is 14.1. The van der Waals surface area contributed by atoms with Gasteiger partial charge in [0.15, 0.2) is 23.1 Å². The van der Waals surface area contributed by atoms with Crippen LogP contribution >= 0.6 is 0 Å². The minimum Gasteiger partial charge on any atom is -0.487 e. The molecule has 6 heteroatoms. The van der Waals surface area contributed by atoms with Crippen LogP contribution in [0, 0.1) is 18.6 Å². The highest BCUT2D eigenvalue weighted by atomic mass is 19.1. The maximum Gasteiger partial charge on any atom is 0.349 e. The number of hydrogen-bond acceptors (Lipinski definition) is 4. The molecule has 1 aromatic rings. The van der Waals surface area contributed by atoms with Crippen molar-refractivity contribution in [2.45, 2.75) is 46.5 Å². The summed E-state index contributed by atoms with van der Waals surface area (Å²) in [6, 6.07) is 0. The number of hydrogen-bond donors (Lipinski definition) is 0. The van der Waals surface area contributed by atoms with Gasteiger partial charge in [0, 0.05) is 19.4 Å². The van der Waals surface area contributed by atoms with E-state index in [4.69, 9.17) is 14.2 Å². The van der Waals surface area contributed by atoms with Crippen molar-refractivity contribution in [2.75, 3.05) is 0 Å². The van der Waals surface area contributed by atoms with Gasteiger partial charge in [-0.25, -0.2) is 13.6 Å². The smallest absolute Gasteiger partial charge is 0.349 e. The number of benzene rings is 1. The predicted molar refractivity (Wildman–Crippen MR) is 67.0 cm³/mol. The van der Waals surface area contributed by atoms with E-state index in [0.29, 0.717) is 0 Å². The molecule has 0 spiro atoms. The summed E-state index contributed by atoms with van der Waals surface area (Å²) in [5, 5.41) is 0. The molecule has 0 unspecified atom stereocenters. The Labute approximate surface area is 115 Å². The van der Waals surface area contributed by atoms with E-state index in [2.05, 4.69) is 0 Å². The van der Waals surface area contributed by atoms with Gasteiger partial charge in [-0.1, -0.05) is 0 Å². The first-order valence-electron chi connectivity index (χ1n) is 6.24. The zero-order chi connectivity index (χ0) is 15.2. The highest BCUT2D eigenvalue weighted by Gasteiger charge is 2.41. The van der Waals surface area contributed by atoms with Crippen molar-refractivity contribution >= 4 is 5.97 Å². The molecule has 1 aliphatic rings. The van der Waals surface area contributed by atoms with Crippen molar-refractivity contribution in [3.05, 3.63) is 22.8 Å². The number of fused-ring (bicyclic) bond motifs is 1. The van der Waals surface area contributed by atoms with Gasteiger partial charge >= 0.3 is 5.97 Å². The molecule has 0 fully saturated rings. The summed E-state index contributed by atoms with van der Waals surface area (Å²) in [6.45, 7) is 7.53. The number of esters is 1. The molecule has 1 aromatic carbocycles. The van der Waals surface area contributed by atoms with Gasteiger partial charge in [0.25, 0.3) is 0 Å². The van der Waals surface area contributed by atoms with Gasteiger partial charge in [-0.15, -0.1) is 0 Å². The first-order valence-corrected chi connectivity index (χ1v) is 6.24. The van der Waals surface area contributed by atoms with E-state index in [-0.39, 0.29) is 28.7 Å². The standard InChI is InChI=1S/C14H16F2O4/c1-6(2)18-11-8-12(10(16)7(3)9(11)15)19-14(4,5)20-13(8)17/h6H,1-5H3. The van der Waals surface area contributed by atoms with Gasteiger partial charge in [0.2, 0.25) is 5.79 Å². The van der Waals surface area contributed by atoms with Crippen LogP contribution in [0.15, 0.2) is 0 Å². The summed E-state index contributed by atoms with van der Waals surface area (Å²) in [5.41, 5.74) is -0.608. The summed E-state index contributed by atoms with van der Waals surface area (Å²) >= 11 is 0.